The smallest absolute Gasteiger partial charge is 0.136 e. The van der Waals surface area contributed by atoms with E-state index in [0.29, 0.717) is 17.4 Å². The molecule has 128 valence electrons. The molecule has 0 N–H and O–H groups in total. The van der Waals surface area contributed by atoms with E-state index in [2.05, 4.69) is 74.5 Å². The third kappa shape index (κ3) is 10.6. The highest BCUT2D eigenvalue weighted by molar-refractivity contribution is 6.30. The van der Waals surface area contributed by atoms with Gasteiger partial charge in [0.05, 0.1) is 11.6 Å². The highest BCUT2D eigenvalue weighted by Gasteiger charge is 1.89. The Hall–Kier alpha value is -2.25. The molecule has 2 heteroatoms. The Morgan fingerprint density at radius 1 is 0.923 bits per heavy atom. The second-order valence-electron chi connectivity index (χ2n) is 4.96. The molecule has 0 fully saturated rings. The van der Waals surface area contributed by atoms with Gasteiger partial charge in [-0.05, 0) is 73.4 Å². The first-order valence-corrected chi connectivity index (χ1v) is 8.64. The summed E-state index contributed by atoms with van der Waals surface area (Å²) in [4.78, 5) is 0. The van der Waals surface area contributed by atoms with Crippen LogP contribution in [0, 0.1) is 67.6 Å². The summed E-state index contributed by atoms with van der Waals surface area (Å²) in [6.07, 6.45) is 2.02. The van der Waals surface area contributed by atoms with Gasteiger partial charge in [0.2, 0.25) is 0 Å². The van der Waals surface area contributed by atoms with E-state index >= 15 is 0 Å². The second-order valence-corrected chi connectivity index (χ2v) is 5.34. The summed E-state index contributed by atoms with van der Waals surface area (Å²) < 4.78 is 5.18. The van der Waals surface area contributed by atoms with Crippen LogP contribution in [0.15, 0.2) is 24.3 Å². The molecule has 0 aliphatic heterocycles. The van der Waals surface area contributed by atoms with Crippen LogP contribution < -0.4 is 4.74 Å². The van der Waals surface area contributed by atoms with Crippen molar-refractivity contribution >= 4 is 11.6 Å². The maximum absolute atomic E-state index is 5.40. The fourth-order valence-electron chi connectivity index (χ4n) is 1.48. The number of rotatable bonds is 4. The summed E-state index contributed by atoms with van der Waals surface area (Å²) in [6, 6.07) is 35.0. The maximum atomic E-state index is 5.40. The standard InChI is InChI=1S/C9H8O.C9H9.C6H2Cl/c1-2-8-10-9-6-4-3-5-7-9;1-3-9-6-4-8(2)5-7-9;7-6-4-2-1-3-5-6/h3H,2,8H2,1H3;6H,3H2,1-2H3;1-2H. The molecule has 1 nitrogen and oxygen atoms in total. The van der Waals surface area contributed by atoms with Gasteiger partial charge in [0.25, 0.3) is 0 Å². The van der Waals surface area contributed by atoms with E-state index in [1.807, 2.05) is 13.0 Å². The number of ether oxygens (including phenoxy) is 1. The molecule has 0 spiro atoms. The van der Waals surface area contributed by atoms with Crippen molar-refractivity contribution in [3.05, 3.63) is 101 Å². The topological polar surface area (TPSA) is 9.23 Å². The lowest BCUT2D eigenvalue weighted by Crippen LogP contribution is -1.94. The van der Waals surface area contributed by atoms with Gasteiger partial charge in [0, 0.05) is 24.3 Å². The lowest BCUT2D eigenvalue weighted by atomic mass is 10.1. The Labute approximate surface area is 163 Å². The van der Waals surface area contributed by atoms with E-state index in [1.54, 1.807) is 18.2 Å². The van der Waals surface area contributed by atoms with Crippen molar-refractivity contribution < 1.29 is 4.74 Å². The molecule has 3 rings (SSSR count). The number of halogens is 1. The minimum atomic E-state index is 0.488. The molecule has 0 aliphatic carbocycles. The van der Waals surface area contributed by atoms with Gasteiger partial charge in [0.1, 0.15) is 5.75 Å². The summed E-state index contributed by atoms with van der Waals surface area (Å²) in [6.45, 7) is 6.83. The molecule has 0 heterocycles. The fourth-order valence-corrected chi connectivity index (χ4v) is 1.59. The molecule has 10 radical (unpaired) electrons. The van der Waals surface area contributed by atoms with Crippen LogP contribution in [0.1, 0.15) is 31.4 Å². The van der Waals surface area contributed by atoms with Crippen molar-refractivity contribution in [2.24, 2.45) is 0 Å². The molecular formula is C24H19ClO. The monoisotopic (exact) mass is 358 g/mol. The summed E-state index contributed by atoms with van der Waals surface area (Å²) >= 11 is 5.40. The lowest BCUT2D eigenvalue weighted by molar-refractivity contribution is 0.316. The van der Waals surface area contributed by atoms with E-state index in [4.69, 9.17) is 16.3 Å². The first kappa shape index (κ1) is 21.8. The molecule has 3 aromatic rings. The molecule has 26 heavy (non-hydrogen) atoms. The summed E-state index contributed by atoms with van der Waals surface area (Å²) in [5.74, 6) is 0.601. The third-order valence-electron chi connectivity index (χ3n) is 2.78. The summed E-state index contributed by atoms with van der Waals surface area (Å²) in [5, 5.41) is 0.488. The maximum Gasteiger partial charge on any atom is 0.136 e. The van der Waals surface area contributed by atoms with Crippen molar-refractivity contribution in [2.75, 3.05) is 6.61 Å². The van der Waals surface area contributed by atoms with Gasteiger partial charge in [-0.1, -0.05) is 43.6 Å². The van der Waals surface area contributed by atoms with Gasteiger partial charge in [0.15, 0.2) is 0 Å². The number of hydrogen-bond donors (Lipinski definition) is 0. The predicted molar refractivity (Wildman–Crippen MR) is 103 cm³/mol. The van der Waals surface area contributed by atoms with Crippen LogP contribution in [0.2, 0.25) is 5.02 Å². The fraction of sp³-hybridized carbons (Fsp3) is 0.250. The minimum Gasteiger partial charge on any atom is -0.492 e. The highest BCUT2D eigenvalue weighted by atomic mass is 35.5. The van der Waals surface area contributed by atoms with Gasteiger partial charge in [-0.15, -0.1) is 0 Å². The molecule has 0 amide bonds. The molecule has 0 saturated carbocycles. The summed E-state index contributed by atoms with van der Waals surface area (Å²) in [5.41, 5.74) is 2.22. The Morgan fingerprint density at radius 3 is 2.15 bits per heavy atom. The van der Waals surface area contributed by atoms with Gasteiger partial charge >= 0.3 is 0 Å². The Kier molecular flexibility index (Phi) is 11.7. The Morgan fingerprint density at radius 2 is 1.69 bits per heavy atom. The first-order chi connectivity index (χ1) is 12.7. The number of aryl methyl sites for hydroxylation is 2. The van der Waals surface area contributed by atoms with Crippen molar-refractivity contribution in [3.8, 4) is 5.75 Å². The van der Waals surface area contributed by atoms with Crippen LogP contribution in [-0.2, 0) is 6.42 Å². The van der Waals surface area contributed by atoms with Crippen LogP contribution in [-0.4, -0.2) is 6.61 Å². The van der Waals surface area contributed by atoms with Gasteiger partial charge < -0.3 is 4.74 Å². The second kappa shape index (κ2) is 14.0. The van der Waals surface area contributed by atoms with Gasteiger partial charge in [-0.25, -0.2) is 0 Å². The van der Waals surface area contributed by atoms with Crippen molar-refractivity contribution in [1.29, 1.82) is 0 Å². The van der Waals surface area contributed by atoms with E-state index in [1.165, 1.54) is 5.56 Å². The first-order valence-electron chi connectivity index (χ1n) is 8.26. The molecule has 0 aliphatic rings. The van der Waals surface area contributed by atoms with E-state index in [-0.39, 0.29) is 0 Å². The number of benzene rings is 3. The van der Waals surface area contributed by atoms with Crippen molar-refractivity contribution in [2.45, 2.75) is 33.6 Å². The molecule has 0 aromatic heterocycles. The zero-order valence-corrected chi connectivity index (χ0v) is 16.0. The summed E-state index contributed by atoms with van der Waals surface area (Å²) in [7, 11) is 0. The molecule has 0 unspecified atom stereocenters. The largest absolute Gasteiger partial charge is 0.492 e. The molecular weight excluding hydrogens is 340 g/mol. The number of hydrogen-bond acceptors (Lipinski definition) is 1. The highest BCUT2D eigenvalue weighted by Crippen LogP contribution is 2.05. The predicted octanol–water partition coefficient (Wildman–Crippen LogP) is 5.37. The van der Waals surface area contributed by atoms with Crippen LogP contribution >= 0.6 is 11.6 Å². The molecule has 3 aromatic carbocycles. The van der Waals surface area contributed by atoms with Crippen molar-refractivity contribution in [3.63, 3.8) is 0 Å². The molecule has 0 saturated heterocycles. The molecule has 0 atom stereocenters. The lowest BCUT2D eigenvalue weighted by Gasteiger charge is -2.00. The van der Waals surface area contributed by atoms with E-state index in [9.17, 15) is 0 Å². The van der Waals surface area contributed by atoms with E-state index < -0.39 is 0 Å². The van der Waals surface area contributed by atoms with Gasteiger partial charge in [-0.2, -0.15) is 0 Å². The zero-order chi connectivity index (χ0) is 19.0. The van der Waals surface area contributed by atoms with Crippen LogP contribution in [0.5, 0.6) is 5.75 Å². The normalized spacial score (nSPS) is 9.23. The van der Waals surface area contributed by atoms with Crippen LogP contribution in [0.4, 0.5) is 0 Å². The average Bonchev–Trinajstić information content (AvgIpc) is 2.69. The van der Waals surface area contributed by atoms with E-state index in [0.717, 1.165) is 18.4 Å². The van der Waals surface area contributed by atoms with Crippen LogP contribution in [0.25, 0.3) is 0 Å². The van der Waals surface area contributed by atoms with Crippen LogP contribution in [0.3, 0.4) is 0 Å². The minimum absolute atomic E-state index is 0.488. The Bertz CT molecular complexity index is 678. The Balaban J connectivity index is 0.000000198. The quantitative estimate of drug-likeness (QED) is 0.608. The third-order valence-corrected chi connectivity index (χ3v) is 2.98. The molecule has 0 bridgehead atoms. The average molecular weight is 359 g/mol. The zero-order valence-electron chi connectivity index (χ0n) is 15.2. The van der Waals surface area contributed by atoms with Gasteiger partial charge in [-0.3, -0.25) is 0 Å². The van der Waals surface area contributed by atoms with Crippen molar-refractivity contribution in [1.82, 2.24) is 0 Å². The SMILES string of the molecule is CCCOc1[c][c]c[c][c]1.CCc1[c][c]c(C)[c]c1.Clc1[c][c]cc[c]1.